The molecule has 0 radical (unpaired) electrons. The first kappa shape index (κ1) is 15.4. The highest BCUT2D eigenvalue weighted by Crippen LogP contribution is 2.35. The van der Waals surface area contributed by atoms with Crippen LogP contribution >= 0.6 is 8.60 Å². The van der Waals surface area contributed by atoms with Crippen LogP contribution in [0, 0.1) is 0 Å². The molecular weight excluding hydrogens is 251 g/mol. The van der Waals surface area contributed by atoms with Crippen LogP contribution in [-0.4, -0.2) is 23.2 Å². The number of aliphatic hydroxyl groups is 1. The molecule has 18 heavy (non-hydrogen) atoms. The Kier molecular flexibility index (Phi) is 6.03. The summed E-state index contributed by atoms with van der Waals surface area (Å²) >= 11 is 0. The minimum absolute atomic E-state index is 0.0451. The van der Waals surface area contributed by atoms with E-state index in [1.54, 1.807) is 0 Å². The number of aliphatic hydroxyl groups excluding tert-OH is 1. The van der Waals surface area contributed by atoms with Gasteiger partial charge in [-0.3, -0.25) is 0 Å². The molecule has 0 aliphatic heterocycles. The lowest BCUT2D eigenvalue weighted by Gasteiger charge is -2.19. The maximum Gasteiger partial charge on any atom is 0.394 e. The van der Waals surface area contributed by atoms with Crippen molar-refractivity contribution in [2.24, 2.45) is 0 Å². The molecule has 1 atom stereocenters. The van der Waals surface area contributed by atoms with Gasteiger partial charge in [-0.1, -0.05) is 32.9 Å². The molecule has 1 unspecified atom stereocenters. The van der Waals surface area contributed by atoms with Crippen LogP contribution in [0.3, 0.4) is 0 Å². The van der Waals surface area contributed by atoms with E-state index in [0.29, 0.717) is 18.8 Å². The molecule has 0 heterocycles. The van der Waals surface area contributed by atoms with E-state index < -0.39 is 8.60 Å². The van der Waals surface area contributed by atoms with Crippen LogP contribution in [0.1, 0.15) is 32.8 Å². The summed E-state index contributed by atoms with van der Waals surface area (Å²) in [5, 5.41) is 8.58. The summed E-state index contributed by atoms with van der Waals surface area (Å²) in [5.74, 6) is 0.584. The fourth-order valence-electron chi connectivity index (χ4n) is 1.34. The highest BCUT2D eigenvalue weighted by Gasteiger charge is 2.14. The molecule has 0 aliphatic rings. The molecule has 0 bridgehead atoms. The molecule has 0 saturated carbocycles. The van der Waals surface area contributed by atoms with E-state index in [2.05, 4.69) is 20.8 Å². The summed E-state index contributed by atoms with van der Waals surface area (Å²) in [4.78, 5) is 9.50. The molecule has 0 aliphatic carbocycles. The van der Waals surface area contributed by atoms with Crippen molar-refractivity contribution in [1.29, 1.82) is 0 Å². The molecule has 0 amide bonds. The zero-order chi connectivity index (χ0) is 13.6. The number of rotatable bonds is 6. The molecule has 5 heteroatoms. The fourth-order valence-corrected chi connectivity index (χ4v) is 1.98. The van der Waals surface area contributed by atoms with Gasteiger partial charge in [-0.2, -0.15) is 0 Å². The Morgan fingerprint density at radius 2 is 1.78 bits per heavy atom. The quantitative estimate of drug-likeness (QED) is 0.617. The van der Waals surface area contributed by atoms with Gasteiger partial charge in [-0.05, 0) is 29.5 Å². The summed E-state index contributed by atoms with van der Waals surface area (Å²) in [6, 6.07) is 7.60. The van der Waals surface area contributed by atoms with Gasteiger partial charge in [0.1, 0.15) is 5.75 Å². The minimum atomic E-state index is -1.92. The summed E-state index contributed by atoms with van der Waals surface area (Å²) in [5.41, 5.74) is 1.30. The molecule has 2 N–H and O–H groups in total. The average molecular weight is 272 g/mol. The van der Waals surface area contributed by atoms with Gasteiger partial charge >= 0.3 is 8.60 Å². The number of hydrogen-bond donors (Lipinski definition) is 2. The van der Waals surface area contributed by atoms with E-state index in [-0.39, 0.29) is 12.0 Å². The fraction of sp³-hybridized carbons (Fsp3) is 0.538. The molecular formula is C13H21O4P. The van der Waals surface area contributed by atoms with Crippen molar-refractivity contribution in [3.63, 3.8) is 0 Å². The topological polar surface area (TPSA) is 58.9 Å². The standard InChI is InChI=1S/C13H21O4P/c1-13(2,3)11-5-7-12(8-6-11)17-18(15)16-10-4-9-14/h5-8,14-15H,4,9-10H2,1-3H3. The van der Waals surface area contributed by atoms with Crippen molar-refractivity contribution in [3.8, 4) is 5.75 Å². The third-order valence-electron chi connectivity index (χ3n) is 2.41. The predicted octanol–water partition coefficient (Wildman–Crippen LogP) is 2.98. The van der Waals surface area contributed by atoms with Crippen LogP contribution in [-0.2, 0) is 9.94 Å². The van der Waals surface area contributed by atoms with Crippen molar-refractivity contribution < 1.29 is 19.0 Å². The molecule has 1 aromatic rings. The second kappa shape index (κ2) is 7.05. The Morgan fingerprint density at radius 3 is 2.28 bits per heavy atom. The van der Waals surface area contributed by atoms with Gasteiger partial charge in [-0.25, -0.2) is 0 Å². The van der Waals surface area contributed by atoms with Gasteiger partial charge in [-0.15, -0.1) is 0 Å². The average Bonchev–Trinajstić information content (AvgIpc) is 2.29. The zero-order valence-electron chi connectivity index (χ0n) is 11.1. The second-order valence-corrected chi connectivity index (χ2v) is 5.93. The molecule has 102 valence electrons. The Hall–Kier alpha value is -0.670. The van der Waals surface area contributed by atoms with Gasteiger partial charge in [0.15, 0.2) is 0 Å². The first-order valence-corrected chi connectivity index (χ1v) is 7.08. The lowest BCUT2D eigenvalue weighted by atomic mass is 9.87. The van der Waals surface area contributed by atoms with Crippen molar-refractivity contribution in [2.75, 3.05) is 13.2 Å². The summed E-state index contributed by atoms with van der Waals surface area (Å²) in [6.45, 7) is 6.75. The van der Waals surface area contributed by atoms with Crippen LogP contribution < -0.4 is 4.52 Å². The minimum Gasteiger partial charge on any atom is -0.427 e. The predicted molar refractivity (Wildman–Crippen MR) is 72.6 cm³/mol. The normalized spacial score (nSPS) is 13.4. The van der Waals surface area contributed by atoms with Crippen LogP contribution in [0.15, 0.2) is 24.3 Å². The van der Waals surface area contributed by atoms with Gasteiger partial charge in [0.05, 0.1) is 6.61 Å². The second-order valence-electron chi connectivity index (χ2n) is 5.01. The van der Waals surface area contributed by atoms with E-state index >= 15 is 0 Å². The van der Waals surface area contributed by atoms with Crippen LogP contribution in [0.4, 0.5) is 0 Å². The Labute approximate surface area is 110 Å². The summed E-state index contributed by atoms with van der Waals surface area (Å²) in [7, 11) is -1.92. The highest BCUT2D eigenvalue weighted by atomic mass is 31.2. The Bertz CT molecular complexity index is 345. The van der Waals surface area contributed by atoms with Gasteiger partial charge in [0.2, 0.25) is 0 Å². The monoisotopic (exact) mass is 272 g/mol. The van der Waals surface area contributed by atoms with E-state index in [1.807, 2.05) is 24.3 Å². The highest BCUT2D eigenvalue weighted by molar-refractivity contribution is 7.41. The lowest BCUT2D eigenvalue weighted by molar-refractivity contribution is 0.214. The first-order chi connectivity index (χ1) is 8.43. The number of hydrogen-bond acceptors (Lipinski definition) is 4. The molecule has 1 aromatic carbocycles. The van der Waals surface area contributed by atoms with E-state index in [9.17, 15) is 4.89 Å². The lowest BCUT2D eigenvalue weighted by Crippen LogP contribution is -2.10. The van der Waals surface area contributed by atoms with Crippen molar-refractivity contribution >= 4 is 8.60 Å². The van der Waals surface area contributed by atoms with E-state index in [4.69, 9.17) is 14.2 Å². The number of benzene rings is 1. The van der Waals surface area contributed by atoms with Gasteiger partial charge < -0.3 is 19.0 Å². The zero-order valence-corrected chi connectivity index (χ0v) is 12.0. The largest absolute Gasteiger partial charge is 0.427 e. The van der Waals surface area contributed by atoms with Crippen LogP contribution in [0.5, 0.6) is 5.75 Å². The third kappa shape index (κ3) is 5.32. The third-order valence-corrected chi connectivity index (χ3v) is 3.18. The maximum atomic E-state index is 9.50. The summed E-state index contributed by atoms with van der Waals surface area (Å²) < 4.78 is 10.3. The van der Waals surface area contributed by atoms with Crippen LogP contribution in [0.25, 0.3) is 0 Å². The van der Waals surface area contributed by atoms with Gasteiger partial charge in [0, 0.05) is 6.61 Å². The van der Waals surface area contributed by atoms with E-state index in [1.165, 1.54) is 5.56 Å². The molecule has 0 aromatic heterocycles. The molecule has 4 nitrogen and oxygen atoms in total. The van der Waals surface area contributed by atoms with Crippen molar-refractivity contribution in [1.82, 2.24) is 0 Å². The van der Waals surface area contributed by atoms with E-state index in [0.717, 1.165) is 0 Å². The SMILES string of the molecule is CC(C)(C)c1ccc(OP(O)OCCCO)cc1. The molecule has 0 spiro atoms. The Balaban J connectivity index is 2.48. The van der Waals surface area contributed by atoms with Crippen LogP contribution in [0.2, 0.25) is 0 Å². The van der Waals surface area contributed by atoms with Gasteiger partial charge in [0.25, 0.3) is 0 Å². The molecule has 0 fully saturated rings. The smallest absolute Gasteiger partial charge is 0.394 e. The summed E-state index contributed by atoms with van der Waals surface area (Å²) in [6.07, 6.45) is 0.492. The molecule has 1 rings (SSSR count). The van der Waals surface area contributed by atoms with Crippen molar-refractivity contribution in [3.05, 3.63) is 29.8 Å². The molecule has 0 saturated heterocycles. The Morgan fingerprint density at radius 1 is 1.17 bits per heavy atom. The van der Waals surface area contributed by atoms with Crippen molar-refractivity contribution in [2.45, 2.75) is 32.6 Å². The maximum absolute atomic E-state index is 9.50. The first-order valence-electron chi connectivity index (χ1n) is 5.95.